The minimum Gasteiger partial charge on any atom is -0.496 e. The van der Waals surface area contributed by atoms with Crippen LogP contribution >= 0.6 is 0 Å². The van der Waals surface area contributed by atoms with E-state index in [4.69, 9.17) is 9.47 Å². The van der Waals surface area contributed by atoms with Gasteiger partial charge in [0.2, 0.25) is 0 Å². The number of hydrogen-bond donors (Lipinski definition) is 2. The highest BCUT2D eigenvalue weighted by Gasteiger charge is 2.30. The number of rotatable bonds is 6. The molecule has 1 atom stereocenters. The van der Waals surface area contributed by atoms with Crippen molar-refractivity contribution in [1.82, 2.24) is 5.32 Å². The van der Waals surface area contributed by atoms with Crippen molar-refractivity contribution in [1.29, 1.82) is 0 Å². The van der Waals surface area contributed by atoms with Gasteiger partial charge in [0.05, 0.1) is 12.7 Å². The number of urea groups is 1. The van der Waals surface area contributed by atoms with Gasteiger partial charge in [-0.3, -0.25) is 0 Å². The molecule has 26 heavy (non-hydrogen) atoms. The summed E-state index contributed by atoms with van der Waals surface area (Å²) in [6, 6.07) is 11.0. The van der Waals surface area contributed by atoms with Crippen LogP contribution in [0.4, 0.5) is 23.7 Å². The van der Waals surface area contributed by atoms with Crippen molar-refractivity contribution in [3.63, 3.8) is 0 Å². The Bertz CT molecular complexity index is 750. The average Bonchev–Trinajstić information content (AvgIpc) is 2.62. The van der Waals surface area contributed by atoms with Crippen LogP contribution in [0.25, 0.3) is 0 Å². The summed E-state index contributed by atoms with van der Waals surface area (Å²) in [6.45, 7) is 0.113. The molecule has 0 aromatic heterocycles. The van der Waals surface area contributed by atoms with Crippen LogP contribution in [-0.4, -0.2) is 26.8 Å². The van der Waals surface area contributed by atoms with Crippen LogP contribution in [0.15, 0.2) is 48.5 Å². The largest absolute Gasteiger partial charge is 0.496 e. The molecule has 0 aliphatic rings. The lowest BCUT2D eigenvalue weighted by atomic mass is 10.1. The number of ether oxygens (including phenoxy) is 2. The van der Waals surface area contributed by atoms with Crippen LogP contribution in [0, 0.1) is 0 Å². The number of carbonyl (C=O) groups excluding carboxylic acids is 1. The number of halogens is 3. The Kier molecular flexibility index (Phi) is 6.46. The van der Waals surface area contributed by atoms with Crippen LogP contribution in [0.1, 0.15) is 17.2 Å². The lowest BCUT2D eigenvalue weighted by molar-refractivity contribution is -0.137. The van der Waals surface area contributed by atoms with Crippen LogP contribution in [0.5, 0.6) is 5.75 Å². The number of amides is 2. The second kappa shape index (κ2) is 8.57. The van der Waals surface area contributed by atoms with Gasteiger partial charge in [-0.15, -0.1) is 0 Å². The smallest absolute Gasteiger partial charge is 0.416 e. The maximum Gasteiger partial charge on any atom is 0.416 e. The Morgan fingerprint density at radius 1 is 1.12 bits per heavy atom. The van der Waals surface area contributed by atoms with Gasteiger partial charge in [-0.2, -0.15) is 13.2 Å². The fraction of sp³-hybridized carbons (Fsp3) is 0.278. The number of para-hydroxylation sites is 1. The number of hydrogen-bond acceptors (Lipinski definition) is 3. The third-order valence-electron chi connectivity index (χ3n) is 3.67. The maximum absolute atomic E-state index is 12.7. The molecule has 2 aromatic rings. The molecule has 1 unspecified atom stereocenters. The van der Waals surface area contributed by atoms with Crippen LogP contribution in [-0.2, 0) is 10.9 Å². The van der Waals surface area contributed by atoms with Crippen molar-refractivity contribution in [3.8, 4) is 5.75 Å². The molecule has 2 aromatic carbocycles. The quantitative estimate of drug-likeness (QED) is 0.803. The van der Waals surface area contributed by atoms with Crippen molar-refractivity contribution in [2.75, 3.05) is 26.1 Å². The zero-order valence-corrected chi connectivity index (χ0v) is 14.3. The topological polar surface area (TPSA) is 59.6 Å². The van der Waals surface area contributed by atoms with Crippen LogP contribution < -0.4 is 15.4 Å². The van der Waals surface area contributed by atoms with E-state index < -0.39 is 23.9 Å². The summed E-state index contributed by atoms with van der Waals surface area (Å²) in [5, 5.41) is 4.96. The highest BCUT2D eigenvalue weighted by atomic mass is 19.4. The molecule has 0 heterocycles. The molecule has 0 saturated carbocycles. The van der Waals surface area contributed by atoms with Crippen LogP contribution in [0.3, 0.4) is 0 Å². The molecule has 0 radical (unpaired) electrons. The Hall–Kier alpha value is -2.74. The summed E-state index contributed by atoms with van der Waals surface area (Å²) in [5.74, 6) is 0.611. The van der Waals surface area contributed by atoms with Gasteiger partial charge in [0, 0.05) is 24.9 Å². The highest BCUT2D eigenvalue weighted by Crippen LogP contribution is 2.30. The second-order valence-electron chi connectivity index (χ2n) is 5.38. The Balaban J connectivity index is 1.99. The van der Waals surface area contributed by atoms with Gasteiger partial charge in [0.25, 0.3) is 0 Å². The molecule has 2 rings (SSSR count). The Morgan fingerprint density at radius 2 is 1.85 bits per heavy atom. The summed E-state index contributed by atoms with van der Waals surface area (Å²) >= 11 is 0. The van der Waals surface area contributed by atoms with Crippen molar-refractivity contribution in [2.45, 2.75) is 12.3 Å². The van der Waals surface area contributed by atoms with Gasteiger partial charge >= 0.3 is 12.2 Å². The normalized spacial score (nSPS) is 12.3. The van der Waals surface area contributed by atoms with Gasteiger partial charge in [-0.25, -0.2) is 4.79 Å². The number of anilines is 1. The number of methoxy groups -OCH3 is 2. The van der Waals surface area contributed by atoms with Crippen molar-refractivity contribution >= 4 is 11.7 Å². The van der Waals surface area contributed by atoms with E-state index in [1.807, 2.05) is 12.1 Å². The van der Waals surface area contributed by atoms with E-state index in [1.54, 1.807) is 12.1 Å². The third kappa shape index (κ3) is 5.13. The zero-order chi connectivity index (χ0) is 19.2. The first kappa shape index (κ1) is 19.6. The first-order chi connectivity index (χ1) is 12.3. The molecule has 0 spiro atoms. The molecular formula is C18H19F3N2O3. The summed E-state index contributed by atoms with van der Waals surface area (Å²) in [7, 11) is 3.02. The lowest BCUT2D eigenvalue weighted by Crippen LogP contribution is -2.33. The highest BCUT2D eigenvalue weighted by molar-refractivity contribution is 5.89. The molecule has 5 nitrogen and oxygen atoms in total. The van der Waals surface area contributed by atoms with E-state index in [1.165, 1.54) is 26.4 Å². The van der Waals surface area contributed by atoms with Crippen molar-refractivity contribution < 1.29 is 27.4 Å². The molecule has 0 aliphatic carbocycles. The minimum atomic E-state index is -4.47. The molecule has 0 aliphatic heterocycles. The van der Waals surface area contributed by atoms with E-state index in [9.17, 15) is 18.0 Å². The number of benzene rings is 2. The zero-order valence-electron chi connectivity index (χ0n) is 14.3. The Morgan fingerprint density at radius 3 is 2.50 bits per heavy atom. The van der Waals surface area contributed by atoms with Crippen molar-refractivity contribution in [2.24, 2.45) is 0 Å². The maximum atomic E-state index is 12.7. The SMILES string of the molecule is COc1ccccc1C(CNC(=O)Nc1cccc(C(F)(F)F)c1)OC. The average molecular weight is 368 g/mol. The molecule has 2 N–H and O–H groups in total. The second-order valence-corrected chi connectivity index (χ2v) is 5.38. The van der Waals surface area contributed by atoms with E-state index in [-0.39, 0.29) is 12.2 Å². The third-order valence-corrected chi connectivity index (χ3v) is 3.67. The van der Waals surface area contributed by atoms with Gasteiger partial charge < -0.3 is 20.1 Å². The van der Waals surface area contributed by atoms with Gasteiger partial charge in [0.1, 0.15) is 11.9 Å². The number of alkyl halides is 3. The summed E-state index contributed by atoms with van der Waals surface area (Å²) in [6.07, 6.45) is -4.95. The monoisotopic (exact) mass is 368 g/mol. The summed E-state index contributed by atoms with van der Waals surface area (Å²) in [4.78, 5) is 12.0. The first-order valence-electron chi connectivity index (χ1n) is 7.73. The predicted molar refractivity (Wildman–Crippen MR) is 91.2 cm³/mol. The molecule has 0 bridgehead atoms. The Labute approximate surface area is 149 Å². The molecule has 0 saturated heterocycles. The fourth-order valence-corrected chi connectivity index (χ4v) is 2.39. The van der Waals surface area contributed by atoms with E-state index in [0.717, 1.165) is 17.7 Å². The van der Waals surface area contributed by atoms with E-state index >= 15 is 0 Å². The molecule has 140 valence electrons. The standard InChI is InChI=1S/C18H19F3N2O3/c1-25-15-9-4-3-8-14(15)16(26-2)11-22-17(24)23-13-7-5-6-12(10-13)18(19,20)21/h3-10,16H,11H2,1-2H3,(H2,22,23,24). The minimum absolute atomic E-state index is 0.0450. The van der Waals surface area contributed by atoms with Crippen molar-refractivity contribution in [3.05, 3.63) is 59.7 Å². The first-order valence-corrected chi connectivity index (χ1v) is 7.73. The summed E-state index contributed by atoms with van der Waals surface area (Å²) in [5.41, 5.74) is -0.0421. The molecule has 0 fully saturated rings. The molecule has 2 amide bonds. The molecular weight excluding hydrogens is 349 g/mol. The van der Waals surface area contributed by atoms with Gasteiger partial charge in [-0.1, -0.05) is 24.3 Å². The van der Waals surface area contributed by atoms with E-state index in [2.05, 4.69) is 10.6 Å². The fourth-order valence-electron chi connectivity index (χ4n) is 2.39. The van der Waals surface area contributed by atoms with Gasteiger partial charge in [-0.05, 0) is 24.3 Å². The lowest BCUT2D eigenvalue weighted by Gasteiger charge is -2.19. The predicted octanol–water partition coefficient (Wildman–Crippen LogP) is 4.22. The van der Waals surface area contributed by atoms with E-state index in [0.29, 0.717) is 5.75 Å². The van der Waals surface area contributed by atoms with Crippen LogP contribution in [0.2, 0.25) is 0 Å². The summed E-state index contributed by atoms with van der Waals surface area (Å²) < 4.78 is 48.8. The number of carbonyl (C=O) groups is 1. The van der Waals surface area contributed by atoms with Gasteiger partial charge in [0.15, 0.2) is 0 Å². The molecule has 8 heteroatoms. The number of nitrogens with one attached hydrogen (secondary N) is 2.